The fraction of sp³-hybridized carbons (Fsp3) is 0.625. The molecule has 0 spiro atoms. The zero-order valence-corrected chi connectivity index (χ0v) is 13.4. The van der Waals surface area contributed by atoms with Gasteiger partial charge in [0.15, 0.2) is 0 Å². The average molecular weight is 291 g/mol. The summed E-state index contributed by atoms with van der Waals surface area (Å²) in [5.41, 5.74) is 8.26. The molecule has 1 aromatic rings. The number of rotatable bonds is 5. The first-order chi connectivity index (χ1) is 9.60. The second-order valence-electron chi connectivity index (χ2n) is 5.86. The van der Waals surface area contributed by atoms with Gasteiger partial charge < -0.3 is 5.73 Å². The van der Waals surface area contributed by atoms with Crippen LogP contribution in [0.15, 0.2) is 18.3 Å². The molecule has 0 bridgehead atoms. The Morgan fingerprint density at radius 2 is 2.00 bits per heavy atom. The van der Waals surface area contributed by atoms with Crippen LogP contribution in [0.1, 0.15) is 50.8 Å². The van der Waals surface area contributed by atoms with Crippen LogP contribution in [0.5, 0.6) is 0 Å². The minimum absolute atomic E-state index is 0.397. The van der Waals surface area contributed by atoms with Crippen molar-refractivity contribution in [3.05, 3.63) is 29.6 Å². The third-order valence-electron chi connectivity index (χ3n) is 4.94. The Morgan fingerprint density at radius 1 is 1.35 bits per heavy atom. The number of nitrogens with two attached hydrogens (primary N) is 1. The van der Waals surface area contributed by atoms with Crippen LogP contribution in [-0.4, -0.2) is 28.0 Å². The average Bonchev–Trinajstić information content (AvgIpc) is 2.49. The van der Waals surface area contributed by atoms with Crippen molar-refractivity contribution in [3.8, 4) is 0 Å². The van der Waals surface area contributed by atoms with E-state index in [0.29, 0.717) is 10.4 Å². The molecule has 0 aliphatic carbocycles. The van der Waals surface area contributed by atoms with Crippen LogP contribution in [0.2, 0.25) is 0 Å². The molecule has 0 unspecified atom stereocenters. The number of pyridine rings is 1. The quantitative estimate of drug-likeness (QED) is 0.846. The first-order valence-electron chi connectivity index (χ1n) is 7.56. The van der Waals surface area contributed by atoms with Crippen LogP contribution < -0.4 is 5.73 Å². The lowest BCUT2D eigenvalue weighted by atomic mass is 9.74. The molecule has 110 valence electrons. The monoisotopic (exact) mass is 291 g/mol. The summed E-state index contributed by atoms with van der Waals surface area (Å²) in [6, 6.07) is 4.05. The third kappa shape index (κ3) is 3.36. The molecule has 20 heavy (non-hydrogen) atoms. The first-order valence-corrected chi connectivity index (χ1v) is 7.97. The third-order valence-corrected chi connectivity index (χ3v) is 5.13. The highest BCUT2D eigenvalue weighted by Gasteiger charge is 2.31. The first kappa shape index (κ1) is 15.4. The number of aromatic nitrogens is 1. The molecular formula is C16H25N3S. The smallest absolute Gasteiger partial charge is 0.123 e. The molecule has 1 aliphatic heterocycles. The van der Waals surface area contributed by atoms with Gasteiger partial charge in [-0.05, 0) is 43.0 Å². The standard InChI is InChI=1S/C16H25N3S/c1-3-16(4-2)7-10-19(11-8-16)12-13-6-5-9-18-14(13)15(17)20/h5-6,9H,3-4,7-8,10-12H2,1-2H3,(H2,17,20). The summed E-state index contributed by atoms with van der Waals surface area (Å²) in [7, 11) is 0. The van der Waals surface area contributed by atoms with E-state index in [1.54, 1.807) is 6.20 Å². The van der Waals surface area contributed by atoms with E-state index in [1.165, 1.54) is 25.7 Å². The molecule has 0 amide bonds. The van der Waals surface area contributed by atoms with Crippen molar-refractivity contribution < 1.29 is 0 Å². The summed E-state index contributed by atoms with van der Waals surface area (Å²) in [6.45, 7) is 7.88. The van der Waals surface area contributed by atoms with Gasteiger partial charge in [-0.15, -0.1) is 0 Å². The van der Waals surface area contributed by atoms with Gasteiger partial charge in [0.25, 0.3) is 0 Å². The molecule has 2 N–H and O–H groups in total. The van der Waals surface area contributed by atoms with E-state index in [9.17, 15) is 0 Å². The van der Waals surface area contributed by atoms with Gasteiger partial charge in [-0.2, -0.15) is 0 Å². The fourth-order valence-corrected chi connectivity index (χ4v) is 3.36. The minimum Gasteiger partial charge on any atom is -0.388 e. The summed E-state index contributed by atoms with van der Waals surface area (Å²) >= 11 is 5.09. The van der Waals surface area contributed by atoms with Gasteiger partial charge in [0.2, 0.25) is 0 Å². The zero-order chi connectivity index (χ0) is 14.6. The van der Waals surface area contributed by atoms with Crippen molar-refractivity contribution in [2.24, 2.45) is 11.1 Å². The molecule has 0 radical (unpaired) electrons. The summed E-state index contributed by atoms with van der Waals surface area (Å²) in [4.78, 5) is 7.21. The number of hydrogen-bond donors (Lipinski definition) is 1. The Hall–Kier alpha value is -1.00. The second-order valence-corrected chi connectivity index (χ2v) is 6.30. The molecule has 4 heteroatoms. The molecule has 0 atom stereocenters. The van der Waals surface area contributed by atoms with Gasteiger partial charge in [-0.25, -0.2) is 0 Å². The highest BCUT2D eigenvalue weighted by molar-refractivity contribution is 7.80. The number of thiocarbonyl (C=S) groups is 1. The molecule has 0 saturated carbocycles. The van der Waals surface area contributed by atoms with Crippen molar-refractivity contribution in [2.75, 3.05) is 13.1 Å². The van der Waals surface area contributed by atoms with Crippen molar-refractivity contribution in [1.29, 1.82) is 0 Å². The lowest BCUT2D eigenvalue weighted by Gasteiger charge is -2.41. The Labute approximate surface area is 127 Å². The number of nitrogens with zero attached hydrogens (tertiary/aromatic N) is 2. The summed E-state index contributed by atoms with van der Waals surface area (Å²) in [6.07, 6.45) is 6.93. The molecule has 1 fully saturated rings. The summed E-state index contributed by atoms with van der Waals surface area (Å²) in [5, 5.41) is 0. The highest BCUT2D eigenvalue weighted by atomic mass is 32.1. The van der Waals surface area contributed by atoms with Crippen molar-refractivity contribution in [2.45, 2.75) is 46.1 Å². The van der Waals surface area contributed by atoms with Crippen LogP contribution in [0.25, 0.3) is 0 Å². The number of hydrogen-bond acceptors (Lipinski definition) is 3. The Morgan fingerprint density at radius 3 is 2.55 bits per heavy atom. The van der Waals surface area contributed by atoms with Gasteiger partial charge >= 0.3 is 0 Å². The zero-order valence-electron chi connectivity index (χ0n) is 12.6. The molecule has 0 aromatic carbocycles. The van der Waals surface area contributed by atoms with E-state index in [1.807, 2.05) is 6.07 Å². The second kappa shape index (κ2) is 6.64. The van der Waals surface area contributed by atoms with Gasteiger partial charge in [-0.1, -0.05) is 45.0 Å². The van der Waals surface area contributed by atoms with Gasteiger partial charge in [0, 0.05) is 12.7 Å². The molecule has 2 heterocycles. The van der Waals surface area contributed by atoms with E-state index in [4.69, 9.17) is 18.0 Å². The van der Waals surface area contributed by atoms with Crippen LogP contribution in [0, 0.1) is 5.41 Å². The lowest BCUT2D eigenvalue weighted by molar-refractivity contribution is 0.0908. The Balaban J connectivity index is 2.01. The maximum Gasteiger partial charge on any atom is 0.123 e. The highest BCUT2D eigenvalue weighted by Crippen LogP contribution is 2.38. The normalized spacial score (nSPS) is 18.9. The van der Waals surface area contributed by atoms with Crippen LogP contribution >= 0.6 is 12.2 Å². The summed E-state index contributed by atoms with van der Waals surface area (Å²) in [5.74, 6) is 0. The molecular weight excluding hydrogens is 266 g/mol. The van der Waals surface area contributed by atoms with Gasteiger partial charge in [-0.3, -0.25) is 9.88 Å². The predicted octanol–water partition coefficient (Wildman–Crippen LogP) is 3.12. The Kier molecular flexibility index (Phi) is 5.11. The SMILES string of the molecule is CCC1(CC)CCN(Cc2cccnc2C(N)=S)CC1. The largest absolute Gasteiger partial charge is 0.388 e. The number of piperidine rings is 1. The van der Waals surface area contributed by atoms with Crippen LogP contribution in [0.3, 0.4) is 0 Å². The maximum absolute atomic E-state index is 5.76. The fourth-order valence-electron chi connectivity index (χ4n) is 3.17. The number of likely N-dealkylation sites (tertiary alicyclic amines) is 1. The van der Waals surface area contributed by atoms with Crippen LogP contribution in [-0.2, 0) is 6.54 Å². The maximum atomic E-state index is 5.76. The van der Waals surface area contributed by atoms with E-state index >= 15 is 0 Å². The minimum atomic E-state index is 0.397. The molecule has 3 nitrogen and oxygen atoms in total. The van der Waals surface area contributed by atoms with Crippen molar-refractivity contribution in [3.63, 3.8) is 0 Å². The topological polar surface area (TPSA) is 42.2 Å². The molecule has 2 rings (SSSR count). The van der Waals surface area contributed by atoms with E-state index in [0.717, 1.165) is 30.9 Å². The Bertz CT molecular complexity index is 459. The molecule has 1 saturated heterocycles. The molecule has 1 aromatic heterocycles. The van der Waals surface area contributed by atoms with E-state index in [-0.39, 0.29) is 0 Å². The summed E-state index contributed by atoms with van der Waals surface area (Å²) < 4.78 is 0. The molecule has 1 aliphatic rings. The van der Waals surface area contributed by atoms with Crippen molar-refractivity contribution in [1.82, 2.24) is 9.88 Å². The van der Waals surface area contributed by atoms with Gasteiger partial charge in [0.05, 0.1) is 0 Å². The van der Waals surface area contributed by atoms with Crippen LogP contribution in [0.4, 0.5) is 0 Å². The lowest BCUT2D eigenvalue weighted by Crippen LogP contribution is -2.39. The van der Waals surface area contributed by atoms with Crippen molar-refractivity contribution >= 4 is 17.2 Å². The van der Waals surface area contributed by atoms with Gasteiger partial charge in [0.1, 0.15) is 10.7 Å². The predicted molar refractivity (Wildman–Crippen MR) is 87.7 cm³/mol. The van der Waals surface area contributed by atoms with E-state index in [2.05, 4.69) is 29.8 Å². The van der Waals surface area contributed by atoms with E-state index < -0.39 is 0 Å².